The number of ether oxygens (including phenoxy) is 2. The van der Waals surface area contributed by atoms with Crippen LogP contribution >= 0.6 is 0 Å². The van der Waals surface area contributed by atoms with Gasteiger partial charge in [0.1, 0.15) is 18.0 Å². The average molecular weight is 423 g/mol. The van der Waals surface area contributed by atoms with E-state index in [0.29, 0.717) is 36.2 Å². The van der Waals surface area contributed by atoms with Crippen molar-refractivity contribution in [1.82, 2.24) is 14.3 Å². The van der Waals surface area contributed by atoms with Crippen LogP contribution in [0.2, 0.25) is 0 Å². The normalized spacial score (nSPS) is 12.4. The Bertz CT molecular complexity index is 1240. The predicted octanol–water partition coefficient (Wildman–Crippen LogP) is 1.21. The van der Waals surface area contributed by atoms with Gasteiger partial charge >= 0.3 is 11.1 Å². The number of hydrogen-bond donors (Lipinski definition) is 1. The SMILES string of the molecule is COc1ccc(OC)c(NC(=O)Cn2nc3n(c(=O)c2=O)CCN3c2ccccc2)c1. The average Bonchev–Trinajstić information content (AvgIpc) is 3.21. The number of methoxy groups -OCH3 is 2. The third-order valence-corrected chi connectivity index (χ3v) is 4.94. The first-order valence-corrected chi connectivity index (χ1v) is 9.58. The van der Waals surface area contributed by atoms with E-state index in [-0.39, 0.29) is 0 Å². The Hall–Kier alpha value is -4.08. The Morgan fingerprint density at radius 2 is 1.81 bits per heavy atom. The van der Waals surface area contributed by atoms with Gasteiger partial charge in [-0.3, -0.25) is 19.0 Å². The summed E-state index contributed by atoms with van der Waals surface area (Å²) in [4.78, 5) is 39.6. The second-order valence-electron chi connectivity index (χ2n) is 6.82. The molecule has 2 heterocycles. The standard InChI is InChI=1S/C21H21N5O5/c1-30-15-8-9-17(31-2)16(12-15)22-18(27)13-26-20(29)19(28)25-11-10-24(21(25)23-26)14-6-4-3-5-7-14/h3-9,12H,10-11,13H2,1-2H3,(H,22,27). The topological polar surface area (TPSA) is 108 Å². The molecule has 4 rings (SSSR count). The van der Waals surface area contributed by atoms with Gasteiger partial charge in [-0.1, -0.05) is 18.2 Å². The Kier molecular flexibility index (Phi) is 5.44. The van der Waals surface area contributed by atoms with Crippen molar-refractivity contribution in [3.8, 4) is 11.5 Å². The molecular weight excluding hydrogens is 402 g/mol. The summed E-state index contributed by atoms with van der Waals surface area (Å²) in [6.45, 7) is 0.424. The first kappa shape index (κ1) is 20.2. The zero-order chi connectivity index (χ0) is 22.0. The number of amides is 1. The summed E-state index contributed by atoms with van der Waals surface area (Å²) in [5.41, 5.74) is -0.346. The lowest BCUT2D eigenvalue weighted by atomic mass is 10.2. The molecule has 0 saturated heterocycles. The third-order valence-electron chi connectivity index (χ3n) is 4.94. The van der Waals surface area contributed by atoms with Crippen molar-refractivity contribution in [1.29, 1.82) is 0 Å². The number of rotatable bonds is 6. The maximum atomic E-state index is 12.6. The van der Waals surface area contributed by atoms with Crippen LogP contribution in [0.1, 0.15) is 0 Å². The molecule has 31 heavy (non-hydrogen) atoms. The van der Waals surface area contributed by atoms with Crippen molar-refractivity contribution in [3.05, 3.63) is 69.2 Å². The van der Waals surface area contributed by atoms with E-state index in [2.05, 4.69) is 10.4 Å². The zero-order valence-electron chi connectivity index (χ0n) is 17.1. The Morgan fingerprint density at radius 1 is 1.03 bits per heavy atom. The Morgan fingerprint density at radius 3 is 2.52 bits per heavy atom. The molecule has 160 valence electrons. The minimum absolute atomic E-state index is 0.322. The molecule has 0 saturated carbocycles. The van der Waals surface area contributed by atoms with Gasteiger partial charge in [-0.05, 0) is 24.3 Å². The van der Waals surface area contributed by atoms with Crippen LogP contribution in [0.5, 0.6) is 11.5 Å². The maximum Gasteiger partial charge on any atom is 0.333 e. The first-order chi connectivity index (χ1) is 15.0. The fraction of sp³-hybridized carbons (Fsp3) is 0.238. The summed E-state index contributed by atoms with van der Waals surface area (Å²) in [6.07, 6.45) is 0. The number of anilines is 3. The van der Waals surface area contributed by atoms with Crippen molar-refractivity contribution < 1.29 is 14.3 Å². The fourth-order valence-electron chi connectivity index (χ4n) is 3.42. The van der Waals surface area contributed by atoms with Crippen molar-refractivity contribution in [2.45, 2.75) is 13.1 Å². The van der Waals surface area contributed by atoms with Gasteiger partial charge in [-0.15, -0.1) is 5.10 Å². The highest BCUT2D eigenvalue weighted by Crippen LogP contribution is 2.29. The van der Waals surface area contributed by atoms with E-state index in [4.69, 9.17) is 9.47 Å². The van der Waals surface area contributed by atoms with Gasteiger partial charge in [0.2, 0.25) is 11.9 Å². The number of nitrogens with zero attached hydrogens (tertiary/aromatic N) is 4. The van der Waals surface area contributed by atoms with Crippen molar-refractivity contribution in [2.75, 3.05) is 31.0 Å². The predicted molar refractivity (Wildman–Crippen MR) is 114 cm³/mol. The lowest BCUT2D eigenvalue weighted by Gasteiger charge is -2.17. The summed E-state index contributed by atoms with van der Waals surface area (Å²) in [5, 5.41) is 6.98. The molecule has 1 N–H and O–H groups in total. The number of carbonyl (C=O) groups is 1. The molecule has 0 radical (unpaired) electrons. The molecule has 1 aliphatic rings. The minimum Gasteiger partial charge on any atom is -0.497 e. The second-order valence-corrected chi connectivity index (χ2v) is 6.82. The van der Waals surface area contributed by atoms with Gasteiger partial charge in [0.15, 0.2) is 0 Å². The van der Waals surface area contributed by atoms with Gasteiger partial charge in [0.05, 0.1) is 19.9 Å². The Balaban J connectivity index is 1.63. The molecule has 0 fully saturated rings. The van der Waals surface area contributed by atoms with E-state index in [0.717, 1.165) is 10.4 Å². The fourth-order valence-corrected chi connectivity index (χ4v) is 3.42. The van der Waals surface area contributed by atoms with Crippen LogP contribution in [0.3, 0.4) is 0 Å². The molecule has 0 atom stereocenters. The molecule has 0 spiro atoms. The monoisotopic (exact) mass is 423 g/mol. The van der Waals surface area contributed by atoms with E-state index >= 15 is 0 Å². The van der Waals surface area contributed by atoms with Gasteiger partial charge in [0, 0.05) is 24.8 Å². The number of para-hydroxylation sites is 1. The van der Waals surface area contributed by atoms with Crippen molar-refractivity contribution in [2.24, 2.45) is 0 Å². The summed E-state index contributed by atoms with van der Waals surface area (Å²) in [7, 11) is 2.98. The quantitative estimate of drug-likeness (QED) is 0.594. The number of aromatic nitrogens is 3. The van der Waals surface area contributed by atoms with Crippen LogP contribution in [0, 0.1) is 0 Å². The molecule has 3 aromatic rings. The van der Waals surface area contributed by atoms with Crippen LogP contribution in [0.15, 0.2) is 58.1 Å². The highest BCUT2D eigenvalue weighted by molar-refractivity contribution is 5.92. The summed E-state index contributed by atoms with van der Waals surface area (Å²) in [6, 6.07) is 14.4. The van der Waals surface area contributed by atoms with Crippen molar-refractivity contribution in [3.63, 3.8) is 0 Å². The summed E-state index contributed by atoms with van der Waals surface area (Å²) >= 11 is 0. The lowest BCUT2D eigenvalue weighted by Crippen LogP contribution is -2.44. The third kappa shape index (κ3) is 3.87. The van der Waals surface area contributed by atoms with Crippen LogP contribution in [0.25, 0.3) is 0 Å². The molecule has 2 aromatic carbocycles. The summed E-state index contributed by atoms with van der Waals surface area (Å²) in [5.74, 6) is 0.747. The van der Waals surface area contributed by atoms with E-state index in [1.807, 2.05) is 35.2 Å². The van der Waals surface area contributed by atoms with E-state index in [1.54, 1.807) is 18.2 Å². The molecule has 10 heteroatoms. The van der Waals surface area contributed by atoms with E-state index < -0.39 is 23.6 Å². The number of nitrogens with one attached hydrogen (secondary N) is 1. The van der Waals surface area contributed by atoms with Crippen LogP contribution in [-0.2, 0) is 17.9 Å². The van der Waals surface area contributed by atoms with Crippen LogP contribution in [0.4, 0.5) is 17.3 Å². The number of carbonyl (C=O) groups excluding carboxylic acids is 1. The molecule has 0 aliphatic carbocycles. The van der Waals surface area contributed by atoms with Gasteiger partial charge in [-0.2, -0.15) is 0 Å². The number of benzene rings is 2. The number of fused-ring (bicyclic) bond motifs is 1. The largest absolute Gasteiger partial charge is 0.497 e. The summed E-state index contributed by atoms with van der Waals surface area (Å²) < 4.78 is 12.6. The highest BCUT2D eigenvalue weighted by atomic mass is 16.5. The van der Waals surface area contributed by atoms with Gasteiger partial charge in [-0.25, -0.2) is 4.68 Å². The first-order valence-electron chi connectivity index (χ1n) is 9.58. The lowest BCUT2D eigenvalue weighted by molar-refractivity contribution is -0.117. The number of hydrogen-bond acceptors (Lipinski definition) is 7. The molecule has 0 bridgehead atoms. The second kappa shape index (κ2) is 8.34. The van der Waals surface area contributed by atoms with E-state index in [1.165, 1.54) is 18.8 Å². The van der Waals surface area contributed by atoms with Gasteiger partial charge < -0.3 is 19.7 Å². The maximum absolute atomic E-state index is 12.6. The van der Waals surface area contributed by atoms with Crippen molar-refractivity contribution >= 4 is 23.2 Å². The Labute approximate surface area is 177 Å². The molecule has 1 aliphatic heterocycles. The van der Waals surface area contributed by atoms with E-state index in [9.17, 15) is 14.4 Å². The zero-order valence-corrected chi connectivity index (χ0v) is 17.1. The molecule has 10 nitrogen and oxygen atoms in total. The van der Waals surface area contributed by atoms with Gasteiger partial charge in [0.25, 0.3) is 0 Å². The highest BCUT2D eigenvalue weighted by Gasteiger charge is 2.26. The molecule has 1 aromatic heterocycles. The van der Waals surface area contributed by atoms with Crippen LogP contribution in [-0.4, -0.2) is 41.0 Å². The molecule has 0 unspecified atom stereocenters. The van der Waals surface area contributed by atoms with Crippen LogP contribution < -0.4 is 30.8 Å². The minimum atomic E-state index is -0.855. The molecule has 1 amide bonds. The molecular formula is C21H21N5O5. The smallest absolute Gasteiger partial charge is 0.333 e.